The fraction of sp³-hybridized carbons (Fsp3) is 0. The van der Waals surface area contributed by atoms with Crippen molar-refractivity contribution in [3.8, 4) is 22.7 Å². The Morgan fingerprint density at radius 3 is 1.29 bits per heavy atom. The van der Waals surface area contributed by atoms with Gasteiger partial charge in [0, 0.05) is 86.5 Å². The van der Waals surface area contributed by atoms with Crippen molar-refractivity contribution in [3.05, 3.63) is 231 Å². The quantitative estimate of drug-likeness (QED) is 0.168. The van der Waals surface area contributed by atoms with Crippen molar-refractivity contribution < 1.29 is 0 Å². The van der Waals surface area contributed by atoms with E-state index in [1.807, 2.05) is 11.3 Å². The monoisotopic (exact) mass is 846 g/mol. The highest BCUT2D eigenvalue weighted by Crippen LogP contribution is 2.39. The van der Waals surface area contributed by atoms with Crippen molar-refractivity contribution in [3.63, 3.8) is 0 Å². The lowest BCUT2D eigenvalue weighted by Crippen LogP contribution is -1.99. The van der Waals surface area contributed by atoms with Gasteiger partial charge in [-0.2, -0.15) is 0 Å². The fourth-order valence-electron chi connectivity index (χ4n) is 10.5. The molecule has 65 heavy (non-hydrogen) atoms. The second kappa shape index (κ2) is 14.1. The summed E-state index contributed by atoms with van der Waals surface area (Å²) in [5.41, 5.74) is 13.7. The van der Waals surface area contributed by atoms with E-state index in [1.54, 1.807) is 0 Å². The van der Waals surface area contributed by atoms with Crippen LogP contribution >= 0.6 is 11.3 Å². The Bertz CT molecular complexity index is 4290. The lowest BCUT2D eigenvalue weighted by molar-refractivity contribution is 1.14. The Balaban J connectivity index is 1.07. The first-order valence-corrected chi connectivity index (χ1v) is 23.0. The predicted molar refractivity (Wildman–Crippen MR) is 277 cm³/mol. The number of thiophene rings is 1. The molecule has 0 N–H and O–H groups in total. The van der Waals surface area contributed by atoms with Crippen LogP contribution in [-0.2, 0) is 0 Å². The summed E-state index contributed by atoms with van der Waals surface area (Å²) in [6.45, 7) is 0. The molecule has 14 rings (SSSR count). The van der Waals surface area contributed by atoms with Gasteiger partial charge in [-0.05, 0) is 138 Å². The number of aromatic nitrogens is 4. The molecule has 0 radical (unpaired) electrons. The summed E-state index contributed by atoms with van der Waals surface area (Å²) in [6.07, 6.45) is 0. The average molecular weight is 847 g/mol. The summed E-state index contributed by atoms with van der Waals surface area (Å²) in [7, 11) is 0. The van der Waals surface area contributed by atoms with E-state index in [4.69, 9.17) is 0 Å². The van der Waals surface area contributed by atoms with Crippen LogP contribution in [-0.4, -0.2) is 18.3 Å². The molecule has 0 saturated heterocycles. The molecular weight excluding hydrogens is 809 g/mol. The Hall–Kier alpha value is -8.38. The van der Waals surface area contributed by atoms with Crippen molar-refractivity contribution in [2.45, 2.75) is 0 Å². The van der Waals surface area contributed by atoms with Crippen LogP contribution in [0.3, 0.4) is 0 Å². The van der Waals surface area contributed by atoms with Crippen LogP contribution in [0.25, 0.3) is 119 Å². The fourth-order valence-corrected chi connectivity index (χ4v) is 11.6. The minimum absolute atomic E-state index is 1.10. The molecule has 0 aliphatic rings. The van der Waals surface area contributed by atoms with Gasteiger partial charge in [0.1, 0.15) is 0 Å². The van der Waals surface area contributed by atoms with E-state index >= 15 is 0 Å². The minimum Gasteiger partial charge on any atom is -0.310 e. The maximum absolute atomic E-state index is 2.44. The van der Waals surface area contributed by atoms with Gasteiger partial charge in [-0.1, -0.05) is 103 Å². The number of hydrogen-bond acceptors (Lipinski definition) is 1. The van der Waals surface area contributed by atoms with Crippen LogP contribution in [0.4, 0.5) is 0 Å². The second-order valence-corrected chi connectivity index (χ2v) is 18.1. The number of rotatable bonds is 4. The van der Waals surface area contributed by atoms with Gasteiger partial charge < -0.3 is 18.3 Å². The summed E-state index contributed by atoms with van der Waals surface area (Å²) >= 11 is 1.86. The largest absolute Gasteiger partial charge is 0.310 e. The molecule has 0 atom stereocenters. The molecule has 14 aromatic rings. The normalized spacial score (nSPS) is 12.0. The van der Waals surface area contributed by atoms with E-state index in [2.05, 4.69) is 249 Å². The van der Waals surface area contributed by atoms with Crippen LogP contribution in [0.5, 0.6) is 0 Å². The molecule has 10 aromatic carbocycles. The summed E-state index contributed by atoms with van der Waals surface area (Å²) in [5.74, 6) is 0. The van der Waals surface area contributed by atoms with Gasteiger partial charge in [0.15, 0.2) is 0 Å². The van der Waals surface area contributed by atoms with E-state index in [0.29, 0.717) is 0 Å². The van der Waals surface area contributed by atoms with Gasteiger partial charge >= 0.3 is 0 Å². The Labute approximate surface area is 377 Å². The van der Waals surface area contributed by atoms with E-state index in [1.165, 1.54) is 63.8 Å². The SMILES string of the molecule is c1ccc(-n2c3ccccc3c3cc(-n4c5cccc(c5)c5cccc(c5)n(-c5ccc6c7ccccc7n(-c7ccccc7)c6c5)c5ccc6sc7ccc4cc7c6c5)ccc32)cc1. The predicted octanol–water partition coefficient (Wildman–Crippen LogP) is 16.4. The van der Waals surface area contributed by atoms with Gasteiger partial charge in [-0.25, -0.2) is 0 Å². The molecule has 0 aliphatic heterocycles. The third kappa shape index (κ3) is 5.56. The zero-order chi connectivity index (χ0) is 42.6. The molecule has 4 heterocycles. The summed E-state index contributed by atoms with van der Waals surface area (Å²) in [6, 6.07) is 85.0. The number of para-hydroxylation sites is 4. The molecule has 0 aliphatic carbocycles. The van der Waals surface area contributed by atoms with E-state index in [9.17, 15) is 0 Å². The van der Waals surface area contributed by atoms with Gasteiger partial charge in [0.25, 0.3) is 0 Å². The molecule has 5 heteroatoms. The minimum atomic E-state index is 1.10. The summed E-state index contributed by atoms with van der Waals surface area (Å²) in [4.78, 5) is 0. The molecule has 0 fully saturated rings. The first-order valence-electron chi connectivity index (χ1n) is 22.2. The lowest BCUT2D eigenvalue weighted by Gasteiger charge is -2.15. The van der Waals surface area contributed by atoms with Crippen LogP contribution < -0.4 is 0 Å². The third-order valence-electron chi connectivity index (χ3n) is 13.4. The third-order valence-corrected chi connectivity index (χ3v) is 14.5. The van der Waals surface area contributed by atoms with Crippen LogP contribution in [0.1, 0.15) is 0 Å². The first-order chi connectivity index (χ1) is 32.2. The second-order valence-electron chi connectivity index (χ2n) is 17.0. The van der Waals surface area contributed by atoms with E-state index in [-0.39, 0.29) is 0 Å². The van der Waals surface area contributed by atoms with Gasteiger partial charge in [0.05, 0.1) is 22.1 Å². The first kappa shape index (κ1) is 36.1. The number of nitrogens with zero attached hydrogens (tertiary/aromatic N) is 4. The molecule has 0 saturated carbocycles. The van der Waals surface area contributed by atoms with Crippen molar-refractivity contribution in [2.75, 3.05) is 0 Å². The number of hydrogen-bond donors (Lipinski definition) is 0. The summed E-state index contributed by atoms with van der Waals surface area (Å²) in [5, 5.41) is 9.74. The Morgan fingerprint density at radius 1 is 0.231 bits per heavy atom. The molecule has 8 bridgehead atoms. The van der Waals surface area contributed by atoms with E-state index < -0.39 is 0 Å². The molecule has 4 aromatic heterocycles. The van der Waals surface area contributed by atoms with Gasteiger partial charge in [-0.3, -0.25) is 0 Å². The van der Waals surface area contributed by atoms with Crippen LogP contribution in [0.2, 0.25) is 0 Å². The highest BCUT2D eigenvalue weighted by Gasteiger charge is 2.17. The zero-order valence-electron chi connectivity index (χ0n) is 35.1. The van der Waals surface area contributed by atoms with Crippen molar-refractivity contribution >= 4 is 108 Å². The maximum atomic E-state index is 2.44. The molecule has 304 valence electrons. The number of benzene rings is 10. The van der Waals surface area contributed by atoms with Gasteiger partial charge in [0.2, 0.25) is 0 Å². The topological polar surface area (TPSA) is 19.7 Å². The molecule has 4 nitrogen and oxygen atoms in total. The number of fused-ring (bicyclic) bond motifs is 13. The Kier molecular flexibility index (Phi) is 7.82. The summed E-state index contributed by atoms with van der Waals surface area (Å²) < 4.78 is 12.2. The van der Waals surface area contributed by atoms with Crippen LogP contribution in [0, 0.1) is 0 Å². The van der Waals surface area contributed by atoms with Crippen LogP contribution in [0.15, 0.2) is 231 Å². The molecule has 0 spiro atoms. The van der Waals surface area contributed by atoms with Crippen molar-refractivity contribution in [2.24, 2.45) is 0 Å². The average Bonchev–Trinajstić information content (AvgIpc) is 4.02. The standard InChI is InChI=1S/C60H38N4S/c1-3-15-41(16-4-1)63-56-24-10-8-22-50(56)52-35-45(26-30-57(52)63)61-43-19-11-13-39(33-43)40-14-12-20-44(34-40)62(47-28-32-60-54(37-47)53-36-46(61)27-31-59(53)65-60)48-25-29-51-49-21-7-9-23-55(49)64(58(51)38-48)42-17-5-2-6-18-42/h1-38H. The molecule has 0 amide bonds. The lowest BCUT2D eigenvalue weighted by atomic mass is 10.1. The highest BCUT2D eigenvalue weighted by molar-refractivity contribution is 7.25. The highest BCUT2D eigenvalue weighted by atomic mass is 32.1. The maximum Gasteiger partial charge on any atom is 0.0561 e. The molecule has 0 unspecified atom stereocenters. The van der Waals surface area contributed by atoms with Gasteiger partial charge in [-0.15, -0.1) is 11.3 Å². The van der Waals surface area contributed by atoms with Crippen molar-refractivity contribution in [1.82, 2.24) is 18.3 Å². The van der Waals surface area contributed by atoms with E-state index in [0.717, 1.165) is 55.6 Å². The smallest absolute Gasteiger partial charge is 0.0561 e. The molecular formula is C60H38N4S. The zero-order valence-corrected chi connectivity index (χ0v) is 36.0. The Morgan fingerprint density at radius 2 is 0.692 bits per heavy atom. The van der Waals surface area contributed by atoms with Crippen molar-refractivity contribution in [1.29, 1.82) is 0 Å².